The lowest BCUT2D eigenvalue weighted by molar-refractivity contribution is 0.0126. The highest BCUT2D eigenvalue weighted by Gasteiger charge is 2.58. The lowest BCUT2D eigenvalue weighted by atomic mass is 9.72. The number of rotatable bonds is 2. The second kappa shape index (κ2) is 7.08. The molecule has 3 aliphatic heterocycles. The minimum atomic E-state index is -1.69. The van der Waals surface area contributed by atoms with Gasteiger partial charge in [0.15, 0.2) is 0 Å². The van der Waals surface area contributed by atoms with Crippen molar-refractivity contribution in [3.8, 4) is 0 Å². The average Bonchev–Trinajstić information content (AvgIpc) is 2.98. The molecule has 0 aromatic carbocycles. The molecule has 5 rings (SSSR count). The van der Waals surface area contributed by atoms with E-state index >= 15 is 0 Å². The molecule has 4 nitrogen and oxygen atoms in total. The third-order valence-electron chi connectivity index (χ3n) is 8.25. The molecular weight excluding hydrogens is 327 g/mol. The fraction of sp³-hybridized carbons (Fsp3) is 1.00. The molecule has 140 valence electrons. The van der Waals surface area contributed by atoms with Crippen LogP contribution in [0.5, 0.6) is 0 Å². The van der Waals surface area contributed by atoms with Crippen LogP contribution in [0.25, 0.3) is 0 Å². The van der Waals surface area contributed by atoms with Gasteiger partial charge in [0.2, 0.25) is 0 Å². The predicted octanol–water partition coefficient (Wildman–Crippen LogP) is 3.06. The van der Waals surface area contributed by atoms with Gasteiger partial charge in [-0.2, -0.15) is 0 Å². The molecule has 0 spiro atoms. The van der Waals surface area contributed by atoms with Crippen molar-refractivity contribution in [1.29, 1.82) is 0 Å². The van der Waals surface area contributed by atoms with Crippen LogP contribution in [0.2, 0.25) is 0 Å². The summed E-state index contributed by atoms with van der Waals surface area (Å²) in [6.45, 7) is 7.32. The molecule has 8 unspecified atom stereocenters. The van der Waals surface area contributed by atoms with Crippen molar-refractivity contribution in [3.63, 3.8) is 0 Å². The van der Waals surface area contributed by atoms with E-state index in [9.17, 15) is 0 Å². The summed E-state index contributed by atoms with van der Waals surface area (Å²) in [7, 11) is 0. The average molecular weight is 362 g/mol. The summed E-state index contributed by atoms with van der Waals surface area (Å²) in [6, 6.07) is 1.27. The topological polar surface area (TPSA) is 33.7 Å². The lowest BCUT2D eigenvalue weighted by Gasteiger charge is -2.47. The number of piperidine rings is 2. The second-order valence-electron chi connectivity index (χ2n) is 9.59. The van der Waals surface area contributed by atoms with Crippen LogP contribution in [0.15, 0.2) is 0 Å². The number of nitrogens with zero attached hydrogens (tertiary/aromatic N) is 1. The quantitative estimate of drug-likeness (QED) is 0.766. The Morgan fingerprint density at radius 3 is 2.68 bits per heavy atom. The summed E-state index contributed by atoms with van der Waals surface area (Å²) in [5, 5.41) is 3.82. The third-order valence-corrected chi connectivity index (χ3v) is 10.6. The van der Waals surface area contributed by atoms with Crippen molar-refractivity contribution in [2.45, 2.75) is 89.5 Å². The molecule has 0 radical (unpaired) electrons. The zero-order chi connectivity index (χ0) is 17.0. The molecule has 3 saturated heterocycles. The summed E-state index contributed by atoms with van der Waals surface area (Å²) < 4.78 is 16.3. The normalized spacial score (nSPS) is 50.4. The Morgan fingerprint density at radius 2 is 1.76 bits per heavy atom. The minimum Gasteiger partial charge on any atom is -0.461 e. The highest BCUT2D eigenvalue weighted by molar-refractivity contribution is 6.42. The predicted molar refractivity (Wildman–Crippen MR) is 100 cm³/mol. The van der Waals surface area contributed by atoms with E-state index in [4.69, 9.17) is 7.58 Å². The lowest BCUT2D eigenvalue weighted by Crippen LogP contribution is -2.58. The fourth-order valence-electron chi connectivity index (χ4n) is 6.81. The molecule has 0 aromatic rings. The van der Waals surface area contributed by atoms with E-state index in [1.807, 2.05) is 0 Å². The van der Waals surface area contributed by atoms with Gasteiger partial charge < -0.3 is 16.8 Å². The maximum atomic E-state index is 6.86. The molecule has 8 atom stereocenters. The number of nitrogens with one attached hydrogen (secondary N) is 1. The zero-order valence-corrected chi connectivity index (χ0v) is 17.2. The van der Waals surface area contributed by atoms with E-state index in [-0.39, 0.29) is 0 Å². The molecule has 2 aliphatic carbocycles. The number of fused-ring (bicyclic) bond motifs is 1. The highest BCUT2D eigenvalue weighted by atomic mass is 27.2. The maximum Gasteiger partial charge on any atom is 0.804 e. The van der Waals surface area contributed by atoms with Gasteiger partial charge in [-0.15, -0.1) is 0 Å². The van der Waals surface area contributed by atoms with Crippen LogP contribution < -0.4 is 5.32 Å². The minimum absolute atomic E-state index is 0.399. The van der Waals surface area contributed by atoms with Crippen molar-refractivity contribution >= 4 is 15.0 Å². The van der Waals surface area contributed by atoms with E-state index in [1.54, 1.807) is 0 Å². The first-order valence-corrected chi connectivity index (χ1v) is 12.5. The standard InChI is InChI=1S/C10H18NO.C10H17NO.Al/c2*1-7-5-6-11-10-8(7)3-2-4-9(10)12;/h7-11H,2-6H2,1H3;7-10H,2-6H2,1H3;/q-1;-2;+3. The van der Waals surface area contributed by atoms with Gasteiger partial charge in [-0.25, -0.2) is 0 Å². The van der Waals surface area contributed by atoms with Gasteiger partial charge in [-0.1, -0.05) is 26.7 Å². The van der Waals surface area contributed by atoms with E-state index in [0.717, 1.165) is 23.7 Å². The molecule has 25 heavy (non-hydrogen) atoms. The van der Waals surface area contributed by atoms with Crippen molar-refractivity contribution in [1.82, 2.24) is 9.20 Å². The van der Waals surface area contributed by atoms with Crippen LogP contribution in [-0.4, -0.2) is 56.3 Å². The Kier molecular flexibility index (Phi) is 4.95. The SMILES string of the molecule is CC1CCNC2C([O][Al]3[O]C4CCCC5C(C)CC[N]3C45)CCCC12. The first-order chi connectivity index (χ1) is 12.2. The van der Waals surface area contributed by atoms with Crippen LogP contribution in [0, 0.1) is 23.7 Å². The summed E-state index contributed by atoms with van der Waals surface area (Å²) in [5.41, 5.74) is 0. The van der Waals surface area contributed by atoms with Gasteiger partial charge in [0, 0.05) is 24.3 Å². The first-order valence-electron chi connectivity index (χ1n) is 11.0. The Morgan fingerprint density at radius 1 is 0.960 bits per heavy atom. The van der Waals surface area contributed by atoms with E-state index < -0.39 is 15.0 Å². The second-order valence-corrected chi connectivity index (χ2v) is 11.4. The van der Waals surface area contributed by atoms with Crippen molar-refractivity contribution in [2.24, 2.45) is 23.7 Å². The van der Waals surface area contributed by atoms with E-state index in [2.05, 4.69) is 23.0 Å². The van der Waals surface area contributed by atoms with Crippen LogP contribution in [0.1, 0.15) is 65.2 Å². The van der Waals surface area contributed by atoms with Gasteiger partial charge in [0.1, 0.15) is 0 Å². The molecule has 0 bridgehead atoms. The Balaban J connectivity index is 1.31. The summed E-state index contributed by atoms with van der Waals surface area (Å²) >= 11 is -1.69. The van der Waals surface area contributed by atoms with Crippen LogP contribution in [0.3, 0.4) is 0 Å². The molecular formula is C20H35AlN2O2. The van der Waals surface area contributed by atoms with Crippen LogP contribution in [-0.2, 0) is 7.58 Å². The summed E-state index contributed by atoms with van der Waals surface area (Å²) in [5.74, 6) is 3.41. The zero-order valence-electron chi connectivity index (χ0n) is 16.0. The monoisotopic (exact) mass is 362 g/mol. The fourth-order valence-corrected chi connectivity index (χ4v) is 9.44. The molecule has 3 heterocycles. The molecule has 0 aromatic heterocycles. The van der Waals surface area contributed by atoms with Gasteiger partial charge in [-0.05, 0) is 75.3 Å². The molecule has 5 fully saturated rings. The smallest absolute Gasteiger partial charge is 0.461 e. The van der Waals surface area contributed by atoms with Gasteiger partial charge in [-0.3, -0.25) is 0 Å². The molecule has 1 N–H and O–H groups in total. The van der Waals surface area contributed by atoms with Gasteiger partial charge in [0.25, 0.3) is 0 Å². The maximum absolute atomic E-state index is 6.86. The number of hydrogen-bond acceptors (Lipinski definition) is 4. The van der Waals surface area contributed by atoms with Crippen LogP contribution >= 0.6 is 0 Å². The first kappa shape index (κ1) is 17.5. The molecule has 5 aliphatic rings. The van der Waals surface area contributed by atoms with E-state index in [0.29, 0.717) is 24.3 Å². The third kappa shape index (κ3) is 3.04. The Hall–Kier alpha value is 0.372. The van der Waals surface area contributed by atoms with Crippen molar-refractivity contribution in [3.05, 3.63) is 0 Å². The molecule has 2 saturated carbocycles. The van der Waals surface area contributed by atoms with Crippen molar-refractivity contribution < 1.29 is 7.58 Å². The Bertz CT molecular complexity index is 492. The largest absolute Gasteiger partial charge is 0.804 e. The van der Waals surface area contributed by atoms with Gasteiger partial charge >= 0.3 is 15.0 Å². The Labute approximate surface area is 158 Å². The molecule has 0 amide bonds. The molecule has 5 heteroatoms. The van der Waals surface area contributed by atoms with E-state index in [1.165, 1.54) is 64.5 Å². The van der Waals surface area contributed by atoms with Crippen LogP contribution in [0.4, 0.5) is 0 Å². The highest BCUT2D eigenvalue weighted by Crippen LogP contribution is 2.45. The summed E-state index contributed by atoms with van der Waals surface area (Å²) in [6.07, 6.45) is 11.6. The van der Waals surface area contributed by atoms with Gasteiger partial charge in [0.05, 0.1) is 0 Å². The summed E-state index contributed by atoms with van der Waals surface area (Å²) in [4.78, 5) is 0. The van der Waals surface area contributed by atoms with Crippen molar-refractivity contribution in [2.75, 3.05) is 13.1 Å². The number of hydrogen-bond donors (Lipinski definition) is 1.